The van der Waals surface area contributed by atoms with E-state index in [1.165, 1.54) is 0 Å². The van der Waals surface area contributed by atoms with Crippen molar-refractivity contribution in [2.75, 3.05) is 6.61 Å². The lowest BCUT2D eigenvalue weighted by molar-refractivity contribution is 0.268. The molecule has 1 unspecified atom stereocenters. The molecule has 72 valence electrons. The first-order chi connectivity index (χ1) is 6.81. The molecule has 0 saturated carbocycles. The van der Waals surface area contributed by atoms with Crippen LogP contribution in [0.1, 0.15) is 11.6 Å². The third-order valence-electron chi connectivity index (χ3n) is 2.25. The molecule has 3 heteroatoms. The number of nitrogens with zero attached hydrogens (tertiary/aromatic N) is 1. The first kappa shape index (κ1) is 9.12. The summed E-state index contributed by atoms with van der Waals surface area (Å²) in [4.78, 5) is 4.20. The summed E-state index contributed by atoms with van der Waals surface area (Å²) in [6, 6.07) is 9.34. The van der Waals surface area contributed by atoms with Crippen LogP contribution in [0.5, 0.6) is 0 Å². The molecule has 0 bridgehead atoms. The number of hydrogen-bond acceptors (Lipinski definition) is 3. The second-order valence-corrected chi connectivity index (χ2v) is 3.24. The van der Waals surface area contributed by atoms with Gasteiger partial charge in [0.05, 0.1) is 18.2 Å². The van der Waals surface area contributed by atoms with Crippen molar-refractivity contribution < 1.29 is 5.11 Å². The van der Waals surface area contributed by atoms with Crippen molar-refractivity contribution in [3.8, 4) is 0 Å². The highest BCUT2D eigenvalue weighted by Crippen LogP contribution is 2.17. The maximum atomic E-state index is 8.92. The maximum absolute atomic E-state index is 8.92. The van der Waals surface area contributed by atoms with Crippen LogP contribution in [0.4, 0.5) is 0 Å². The monoisotopic (exact) mass is 188 g/mol. The lowest BCUT2D eigenvalue weighted by Crippen LogP contribution is -2.14. The molecule has 1 aromatic carbocycles. The summed E-state index contributed by atoms with van der Waals surface area (Å²) in [6.45, 7) is -0.0359. The van der Waals surface area contributed by atoms with Gasteiger partial charge >= 0.3 is 0 Å². The Bertz CT molecular complexity index is 442. The lowest BCUT2D eigenvalue weighted by Gasteiger charge is -2.08. The predicted molar refractivity (Wildman–Crippen MR) is 55.8 cm³/mol. The molecule has 0 fully saturated rings. The molecule has 0 radical (unpaired) electrons. The predicted octanol–water partition coefficient (Wildman–Crippen LogP) is 1.23. The van der Waals surface area contributed by atoms with Crippen LogP contribution in [0.25, 0.3) is 10.9 Å². The van der Waals surface area contributed by atoms with Gasteiger partial charge in [0.25, 0.3) is 0 Å². The van der Waals surface area contributed by atoms with Gasteiger partial charge in [-0.05, 0) is 23.8 Å². The van der Waals surface area contributed by atoms with Crippen molar-refractivity contribution >= 4 is 10.9 Å². The number of aromatic nitrogens is 1. The Kier molecular flexibility index (Phi) is 2.43. The highest BCUT2D eigenvalue weighted by atomic mass is 16.3. The van der Waals surface area contributed by atoms with Crippen molar-refractivity contribution in [3.63, 3.8) is 0 Å². The van der Waals surface area contributed by atoms with Crippen LogP contribution in [0.3, 0.4) is 0 Å². The first-order valence-electron chi connectivity index (χ1n) is 4.52. The maximum Gasteiger partial charge on any atom is 0.0702 e. The van der Waals surface area contributed by atoms with Gasteiger partial charge in [0.2, 0.25) is 0 Å². The fourth-order valence-electron chi connectivity index (χ4n) is 1.43. The number of benzene rings is 1. The Morgan fingerprint density at radius 2 is 2.21 bits per heavy atom. The zero-order chi connectivity index (χ0) is 9.97. The van der Waals surface area contributed by atoms with Gasteiger partial charge in [0.1, 0.15) is 0 Å². The van der Waals surface area contributed by atoms with Crippen molar-refractivity contribution in [2.24, 2.45) is 5.73 Å². The van der Waals surface area contributed by atoms with E-state index in [1.807, 2.05) is 30.3 Å². The molecule has 3 N–H and O–H groups in total. The molecule has 3 nitrogen and oxygen atoms in total. The van der Waals surface area contributed by atoms with Gasteiger partial charge in [-0.1, -0.05) is 12.1 Å². The average Bonchev–Trinajstić information content (AvgIpc) is 2.27. The number of fused-ring (bicyclic) bond motifs is 1. The van der Waals surface area contributed by atoms with Crippen molar-refractivity contribution in [2.45, 2.75) is 6.04 Å². The Labute approximate surface area is 82.2 Å². The van der Waals surface area contributed by atoms with E-state index in [4.69, 9.17) is 10.8 Å². The van der Waals surface area contributed by atoms with Gasteiger partial charge in [0, 0.05) is 11.6 Å². The highest BCUT2D eigenvalue weighted by Gasteiger charge is 2.04. The van der Waals surface area contributed by atoms with E-state index in [-0.39, 0.29) is 12.6 Å². The molecule has 0 saturated heterocycles. The minimum Gasteiger partial charge on any atom is -0.394 e. The summed E-state index contributed by atoms with van der Waals surface area (Å²) in [5, 5.41) is 9.97. The van der Waals surface area contributed by atoms with Crippen LogP contribution < -0.4 is 5.73 Å². The van der Waals surface area contributed by atoms with E-state index in [2.05, 4.69) is 4.98 Å². The van der Waals surface area contributed by atoms with Gasteiger partial charge in [-0.15, -0.1) is 0 Å². The average molecular weight is 188 g/mol. The van der Waals surface area contributed by atoms with Crippen LogP contribution in [0.15, 0.2) is 36.5 Å². The molecule has 0 aliphatic rings. The number of aliphatic hydroxyl groups is 1. The smallest absolute Gasteiger partial charge is 0.0702 e. The molecule has 0 aliphatic heterocycles. The van der Waals surface area contributed by atoms with Crippen LogP contribution in [0.2, 0.25) is 0 Å². The first-order valence-corrected chi connectivity index (χ1v) is 4.52. The second kappa shape index (κ2) is 3.74. The van der Waals surface area contributed by atoms with Gasteiger partial charge in [0.15, 0.2) is 0 Å². The molecular weight excluding hydrogens is 176 g/mol. The molecule has 2 aromatic rings. The summed E-state index contributed by atoms with van der Waals surface area (Å²) in [5.74, 6) is 0. The quantitative estimate of drug-likeness (QED) is 0.745. The van der Waals surface area contributed by atoms with Crippen molar-refractivity contribution in [3.05, 3.63) is 42.1 Å². The number of rotatable bonds is 2. The number of aliphatic hydroxyl groups excluding tert-OH is 1. The van der Waals surface area contributed by atoms with Crippen LogP contribution in [-0.4, -0.2) is 16.7 Å². The number of nitrogens with two attached hydrogens (primary N) is 1. The second-order valence-electron chi connectivity index (χ2n) is 3.24. The Balaban J connectivity index is 2.51. The van der Waals surface area contributed by atoms with Crippen molar-refractivity contribution in [1.82, 2.24) is 4.98 Å². The fourth-order valence-corrected chi connectivity index (χ4v) is 1.43. The number of pyridine rings is 1. The van der Waals surface area contributed by atoms with E-state index in [9.17, 15) is 0 Å². The zero-order valence-electron chi connectivity index (χ0n) is 7.72. The molecule has 1 heterocycles. The third kappa shape index (κ3) is 1.60. The summed E-state index contributed by atoms with van der Waals surface area (Å²) >= 11 is 0. The van der Waals surface area contributed by atoms with Gasteiger partial charge in [-0.25, -0.2) is 0 Å². The van der Waals surface area contributed by atoms with Crippen molar-refractivity contribution in [1.29, 1.82) is 0 Å². The topological polar surface area (TPSA) is 59.1 Å². The molecule has 0 amide bonds. The Morgan fingerprint density at radius 3 is 3.00 bits per heavy atom. The zero-order valence-corrected chi connectivity index (χ0v) is 7.72. The minimum absolute atomic E-state index is 0.0359. The summed E-state index contributed by atoms with van der Waals surface area (Å²) in [7, 11) is 0. The van der Waals surface area contributed by atoms with Gasteiger partial charge < -0.3 is 10.8 Å². The third-order valence-corrected chi connectivity index (χ3v) is 2.25. The Hall–Kier alpha value is -1.45. The lowest BCUT2D eigenvalue weighted by atomic mass is 10.1. The normalized spacial score (nSPS) is 13.0. The largest absolute Gasteiger partial charge is 0.394 e. The molecule has 1 atom stereocenters. The molecule has 0 aliphatic carbocycles. The van der Waals surface area contributed by atoms with E-state index in [1.54, 1.807) is 6.20 Å². The minimum atomic E-state index is -0.306. The van der Waals surface area contributed by atoms with Crippen LogP contribution >= 0.6 is 0 Å². The van der Waals surface area contributed by atoms with E-state index >= 15 is 0 Å². The van der Waals surface area contributed by atoms with Gasteiger partial charge in [-0.3, -0.25) is 4.98 Å². The van der Waals surface area contributed by atoms with Gasteiger partial charge in [-0.2, -0.15) is 0 Å². The van der Waals surface area contributed by atoms with Crippen LogP contribution in [-0.2, 0) is 0 Å². The molecule has 2 rings (SSSR count). The summed E-state index contributed by atoms with van der Waals surface area (Å²) in [5.41, 5.74) is 7.60. The molecule has 14 heavy (non-hydrogen) atoms. The summed E-state index contributed by atoms with van der Waals surface area (Å²) < 4.78 is 0. The number of hydrogen-bond donors (Lipinski definition) is 2. The standard InChI is InChI=1S/C11H12N2O/c12-10(7-14)8-3-4-11-9(6-8)2-1-5-13-11/h1-6,10,14H,7,12H2. The SMILES string of the molecule is NC(CO)c1ccc2ncccc2c1. The highest BCUT2D eigenvalue weighted by molar-refractivity contribution is 5.79. The van der Waals surface area contributed by atoms with E-state index in [0.717, 1.165) is 16.5 Å². The van der Waals surface area contributed by atoms with E-state index < -0.39 is 0 Å². The fraction of sp³-hybridized carbons (Fsp3) is 0.182. The Morgan fingerprint density at radius 1 is 1.36 bits per heavy atom. The molecular formula is C11H12N2O. The summed E-state index contributed by atoms with van der Waals surface area (Å²) in [6.07, 6.45) is 1.76. The molecule has 1 aromatic heterocycles. The van der Waals surface area contributed by atoms with Crippen LogP contribution in [0, 0.1) is 0 Å². The van der Waals surface area contributed by atoms with E-state index in [0.29, 0.717) is 0 Å². The molecule has 0 spiro atoms.